The van der Waals surface area contributed by atoms with Crippen molar-refractivity contribution in [3.8, 4) is 0 Å². The minimum Gasteiger partial charge on any atom is -0.377 e. The molecule has 1 unspecified atom stereocenters. The highest BCUT2D eigenvalue weighted by Gasteiger charge is 2.11. The molecule has 0 aliphatic rings. The van der Waals surface area contributed by atoms with Crippen molar-refractivity contribution >= 4 is 53.5 Å². The van der Waals surface area contributed by atoms with E-state index in [1.807, 2.05) is 18.2 Å². The molecule has 2 aromatic carbocycles. The van der Waals surface area contributed by atoms with Gasteiger partial charge in [-0.2, -0.15) is 0 Å². The van der Waals surface area contributed by atoms with Gasteiger partial charge in [0.15, 0.2) is 0 Å². The third kappa shape index (κ3) is 3.37. The molecule has 0 spiro atoms. The molecule has 2 rings (SSSR count). The summed E-state index contributed by atoms with van der Waals surface area (Å²) < 4.78 is 3.11. The molecule has 1 N–H and O–H groups in total. The van der Waals surface area contributed by atoms with Gasteiger partial charge in [-0.3, -0.25) is 0 Å². The van der Waals surface area contributed by atoms with E-state index in [0.29, 0.717) is 0 Å². The van der Waals surface area contributed by atoms with Gasteiger partial charge in [0.2, 0.25) is 0 Å². The van der Waals surface area contributed by atoms with Crippen LogP contribution < -0.4 is 5.32 Å². The first-order valence-corrected chi connectivity index (χ1v) is 7.92. The normalized spacial score (nSPS) is 12.2. The van der Waals surface area contributed by atoms with Gasteiger partial charge in [0, 0.05) is 19.5 Å². The van der Waals surface area contributed by atoms with Crippen molar-refractivity contribution < 1.29 is 0 Å². The molecule has 0 aliphatic heterocycles. The maximum absolute atomic E-state index is 3.58. The van der Waals surface area contributed by atoms with Gasteiger partial charge in [-0.25, -0.2) is 0 Å². The molecule has 0 heterocycles. The summed E-state index contributed by atoms with van der Waals surface area (Å²) in [7, 11) is 0. The largest absolute Gasteiger partial charge is 0.377 e. The Bertz CT molecular complexity index is 517. The molecule has 1 nitrogen and oxygen atoms in total. The van der Waals surface area contributed by atoms with Crippen LogP contribution in [0.1, 0.15) is 18.5 Å². The second-order valence-electron chi connectivity index (χ2n) is 4.02. The average molecular weight is 434 g/mol. The maximum Gasteiger partial charge on any atom is 0.0634 e. The van der Waals surface area contributed by atoms with Gasteiger partial charge in [0.05, 0.1) is 5.69 Å². The summed E-state index contributed by atoms with van der Waals surface area (Å²) in [5, 5.41) is 3.51. The quantitative estimate of drug-likeness (QED) is 0.612. The molecule has 0 fully saturated rings. The lowest BCUT2D eigenvalue weighted by molar-refractivity contribution is 0.882. The van der Waals surface area contributed by atoms with Crippen LogP contribution in [0, 0.1) is 0 Å². The zero-order chi connectivity index (χ0) is 13.1. The van der Waals surface area contributed by atoms with E-state index in [1.165, 1.54) is 5.56 Å². The smallest absolute Gasteiger partial charge is 0.0634 e. The SMILES string of the molecule is CC(Nc1c(Br)cc(Br)cc1Br)c1ccccc1. The van der Waals surface area contributed by atoms with Gasteiger partial charge < -0.3 is 5.32 Å². The molecule has 1 atom stereocenters. The fourth-order valence-corrected chi connectivity index (χ4v) is 4.21. The van der Waals surface area contributed by atoms with Gasteiger partial charge in [0.1, 0.15) is 0 Å². The molecule has 0 aromatic heterocycles. The van der Waals surface area contributed by atoms with Crippen LogP contribution in [0.25, 0.3) is 0 Å². The van der Waals surface area contributed by atoms with Crippen molar-refractivity contribution in [2.45, 2.75) is 13.0 Å². The molecule has 4 heteroatoms. The van der Waals surface area contributed by atoms with Crippen molar-refractivity contribution in [1.29, 1.82) is 0 Å². The van der Waals surface area contributed by atoms with Crippen molar-refractivity contribution in [3.05, 3.63) is 61.4 Å². The van der Waals surface area contributed by atoms with E-state index in [1.54, 1.807) is 0 Å². The predicted octanol–water partition coefficient (Wildman–Crippen LogP) is 6.15. The van der Waals surface area contributed by atoms with Gasteiger partial charge >= 0.3 is 0 Å². The Morgan fingerprint density at radius 1 is 0.944 bits per heavy atom. The van der Waals surface area contributed by atoms with Crippen LogP contribution in [0.2, 0.25) is 0 Å². The van der Waals surface area contributed by atoms with Crippen LogP contribution in [0.15, 0.2) is 55.9 Å². The van der Waals surface area contributed by atoms with E-state index in [0.717, 1.165) is 19.1 Å². The second kappa shape index (κ2) is 6.22. The highest BCUT2D eigenvalue weighted by atomic mass is 79.9. The number of hydrogen-bond donors (Lipinski definition) is 1. The Morgan fingerprint density at radius 3 is 2.06 bits per heavy atom. The van der Waals surface area contributed by atoms with Gasteiger partial charge in [-0.1, -0.05) is 46.3 Å². The Balaban J connectivity index is 2.25. The van der Waals surface area contributed by atoms with E-state index in [2.05, 4.69) is 84.3 Å². The Labute approximate surface area is 132 Å². The zero-order valence-electron chi connectivity index (χ0n) is 9.75. The van der Waals surface area contributed by atoms with Crippen LogP contribution in [-0.4, -0.2) is 0 Å². The van der Waals surface area contributed by atoms with E-state index < -0.39 is 0 Å². The number of halogens is 3. The van der Waals surface area contributed by atoms with Crippen molar-refractivity contribution in [2.75, 3.05) is 5.32 Å². The summed E-state index contributed by atoms with van der Waals surface area (Å²) in [5.74, 6) is 0. The third-order valence-electron chi connectivity index (χ3n) is 2.67. The molecule has 0 saturated carbocycles. The molecular formula is C14H12Br3N. The number of benzene rings is 2. The van der Waals surface area contributed by atoms with Crippen LogP contribution in [0.5, 0.6) is 0 Å². The fourth-order valence-electron chi connectivity index (χ4n) is 1.72. The summed E-state index contributed by atoms with van der Waals surface area (Å²) in [6, 6.07) is 14.7. The van der Waals surface area contributed by atoms with Crippen LogP contribution in [0.3, 0.4) is 0 Å². The van der Waals surface area contributed by atoms with Crippen LogP contribution in [0.4, 0.5) is 5.69 Å². The topological polar surface area (TPSA) is 12.0 Å². The lowest BCUT2D eigenvalue weighted by Crippen LogP contribution is -2.07. The third-order valence-corrected chi connectivity index (χ3v) is 4.38. The Kier molecular flexibility index (Phi) is 4.87. The lowest BCUT2D eigenvalue weighted by atomic mass is 10.1. The molecule has 94 valence electrons. The molecule has 0 amide bonds. The number of anilines is 1. The summed E-state index contributed by atoms with van der Waals surface area (Å²) in [4.78, 5) is 0. The monoisotopic (exact) mass is 431 g/mol. The van der Waals surface area contributed by atoms with Crippen molar-refractivity contribution in [1.82, 2.24) is 0 Å². The average Bonchev–Trinajstić information content (AvgIpc) is 2.34. The van der Waals surface area contributed by atoms with E-state index in [4.69, 9.17) is 0 Å². The minimum absolute atomic E-state index is 0.250. The molecule has 0 bridgehead atoms. The van der Waals surface area contributed by atoms with Crippen LogP contribution >= 0.6 is 47.8 Å². The zero-order valence-corrected chi connectivity index (χ0v) is 14.5. The molecular weight excluding hydrogens is 422 g/mol. The summed E-state index contributed by atoms with van der Waals surface area (Å²) in [6.07, 6.45) is 0. The highest BCUT2D eigenvalue weighted by molar-refractivity contribution is 9.11. The fraction of sp³-hybridized carbons (Fsp3) is 0.143. The standard InChI is InChI=1S/C14H12Br3N/c1-9(10-5-3-2-4-6-10)18-14-12(16)7-11(15)8-13(14)17/h2-9,18H,1H3. The predicted molar refractivity (Wildman–Crippen MR) is 88.0 cm³/mol. The molecule has 18 heavy (non-hydrogen) atoms. The summed E-state index contributed by atoms with van der Waals surface area (Å²) >= 11 is 10.6. The first kappa shape index (κ1) is 14.1. The van der Waals surface area contributed by atoms with Gasteiger partial charge in [0.25, 0.3) is 0 Å². The lowest BCUT2D eigenvalue weighted by Gasteiger charge is -2.18. The summed E-state index contributed by atoms with van der Waals surface area (Å²) in [6.45, 7) is 2.15. The summed E-state index contributed by atoms with van der Waals surface area (Å²) in [5.41, 5.74) is 2.33. The molecule has 2 aromatic rings. The van der Waals surface area contributed by atoms with Gasteiger partial charge in [-0.15, -0.1) is 0 Å². The Hall–Kier alpha value is -0.320. The minimum atomic E-state index is 0.250. The number of rotatable bonds is 3. The van der Waals surface area contributed by atoms with Gasteiger partial charge in [-0.05, 0) is 56.5 Å². The number of nitrogens with one attached hydrogen (secondary N) is 1. The molecule has 0 saturated heterocycles. The Morgan fingerprint density at radius 2 is 1.50 bits per heavy atom. The first-order valence-electron chi connectivity index (χ1n) is 5.54. The van der Waals surface area contributed by atoms with Crippen molar-refractivity contribution in [2.24, 2.45) is 0 Å². The first-order chi connectivity index (χ1) is 8.58. The maximum atomic E-state index is 3.58. The van der Waals surface area contributed by atoms with Crippen LogP contribution in [-0.2, 0) is 0 Å². The highest BCUT2D eigenvalue weighted by Crippen LogP contribution is 2.36. The van der Waals surface area contributed by atoms with E-state index >= 15 is 0 Å². The van der Waals surface area contributed by atoms with E-state index in [9.17, 15) is 0 Å². The molecule has 0 radical (unpaired) electrons. The van der Waals surface area contributed by atoms with Crippen molar-refractivity contribution in [3.63, 3.8) is 0 Å². The van der Waals surface area contributed by atoms with E-state index in [-0.39, 0.29) is 6.04 Å². The second-order valence-corrected chi connectivity index (χ2v) is 6.65. The number of hydrogen-bond acceptors (Lipinski definition) is 1. The molecule has 0 aliphatic carbocycles.